The fourth-order valence-corrected chi connectivity index (χ4v) is 2.13. The Hall–Kier alpha value is -2.14. The maximum Gasteiger partial charge on any atom is 0.216 e. The zero-order valence-electron chi connectivity index (χ0n) is 12.7. The van der Waals surface area contributed by atoms with Crippen molar-refractivity contribution >= 4 is 0 Å². The lowest BCUT2D eigenvalue weighted by atomic mass is 10.0. The first kappa shape index (κ1) is 15.3. The van der Waals surface area contributed by atoms with Gasteiger partial charge in [0.1, 0.15) is 12.1 Å². The molecule has 0 aliphatic heterocycles. The molecule has 0 saturated carbocycles. The molecule has 5 heteroatoms. The van der Waals surface area contributed by atoms with Crippen molar-refractivity contribution in [1.29, 1.82) is 0 Å². The van der Waals surface area contributed by atoms with Gasteiger partial charge in [0.05, 0.1) is 26.0 Å². The summed E-state index contributed by atoms with van der Waals surface area (Å²) in [6.07, 6.45) is 2.57. The van der Waals surface area contributed by atoms with Crippen molar-refractivity contribution in [3.63, 3.8) is 0 Å². The van der Waals surface area contributed by atoms with E-state index < -0.39 is 0 Å². The van der Waals surface area contributed by atoms with Gasteiger partial charge in [-0.2, -0.15) is 0 Å². The highest BCUT2D eigenvalue weighted by molar-refractivity contribution is 5.35. The predicted octanol–water partition coefficient (Wildman–Crippen LogP) is 2.58. The van der Waals surface area contributed by atoms with Crippen LogP contribution in [0.5, 0.6) is 11.6 Å². The summed E-state index contributed by atoms with van der Waals surface area (Å²) in [5, 5.41) is 3.50. The molecule has 2 aromatic rings. The molecule has 0 bridgehead atoms. The van der Waals surface area contributed by atoms with Crippen LogP contribution in [0.15, 0.2) is 36.7 Å². The molecule has 0 aliphatic rings. The van der Waals surface area contributed by atoms with Crippen LogP contribution in [0.1, 0.15) is 30.6 Å². The Morgan fingerprint density at radius 2 is 2.00 bits per heavy atom. The number of nitrogens with zero attached hydrogens (tertiary/aromatic N) is 2. The SMILES string of the molecule is CCCNC(c1cccc(OC)c1)c1cc(OC)ncn1. The van der Waals surface area contributed by atoms with Crippen LogP contribution in [-0.4, -0.2) is 30.7 Å². The van der Waals surface area contributed by atoms with Crippen molar-refractivity contribution in [2.75, 3.05) is 20.8 Å². The summed E-state index contributed by atoms with van der Waals surface area (Å²) in [6.45, 7) is 3.03. The lowest BCUT2D eigenvalue weighted by Gasteiger charge is -2.19. The van der Waals surface area contributed by atoms with Gasteiger partial charge < -0.3 is 14.8 Å². The maximum absolute atomic E-state index is 5.31. The Morgan fingerprint density at radius 1 is 1.14 bits per heavy atom. The van der Waals surface area contributed by atoms with Crippen molar-refractivity contribution in [3.8, 4) is 11.6 Å². The van der Waals surface area contributed by atoms with Crippen LogP contribution in [0.3, 0.4) is 0 Å². The number of rotatable bonds is 7. The van der Waals surface area contributed by atoms with Crippen molar-refractivity contribution in [2.45, 2.75) is 19.4 Å². The van der Waals surface area contributed by atoms with Crippen LogP contribution in [0.4, 0.5) is 0 Å². The number of hydrogen-bond donors (Lipinski definition) is 1. The first-order chi connectivity index (χ1) is 10.3. The molecule has 2 rings (SSSR count). The highest BCUT2D eigenvalue weighted by Gasteiger charge is 2.16. The second-order valence-electron chi connectivity index (χ2n) is 4.65. The number of hydrogen-bond acceptors (Lipinski definition) is 5. The minimum atomic E-state index is -0.0167. The van der Waals surface area contributed by atoms with Gasteiger partial charge in [-0.3, -0.25) is 0 Å². The summed E-state index contributed by atoms with van der Waals surface area (Å²) in [5.74, 6) is 1.39. The summed E-state index contributed by atoms with van der Waals surface area (Å²) in [6, 6.07) is 9.82. The van der Waals surface area contributed by atoms with Gasteiger partial charge in [-0.05, 0) is 30.7 Å². The highest BCUT2D eigenvalue weighted by Crippen LogP contribution is 2.25. The van der Waals surface area contributed by atoms with Crippen molar-refractivity contribution in [1.82, 2.24) is 15.3 Å². The Morgan fingerprint density at radius 3 is 2.71 bits per heavy atom. The number of methoxy groups -OCH3 is 2. The Labute approximate surface area is 125 Å². The Bertz CT molecular complexity index is 527. The molecule has 1 N–H and O–H groups in total. The molecular weight excluding hydrogens is 266 g/mol. The van der Waals surface area contributed by atoms with Gasteiger partial charge in [0.15, 0.2) is 0 Å². The quantitative estimate of drug-likeness (QED) is 0.848. The second kappa shape index (κ2) is 7.59. The van der Waals surface area contributed by atoms with Crippen LogP contribution in [0.25, 0.3) is 0 Å². The molecule has 1 atom stereocenters. The van der Waals surface area contributed by atoms with Gasteiger partial charge in [-0.1, -0.05) is 19.1 Å². The largest absolute Gasteiger partial charge is 0.497 e. The Kier molecular flexibility index (Phi) is 5.51. The van der Waals surface area contributed by atoms with Gasteiger partial charge in [-0.15, -0.1) is 0 Å². The summed E-state index contributed by atoms with van der Waals surface area (Å²) in [4.78, 5) is 8.44. The highest BCUT2D eigenvalue weighted by atomic mass is 16.5. The molecule has 21 heavy (non-hydrogen) atoms. The van der Waals surface area contributed by atoms with E-state index in [1.165, 1.54) is 6.33 Å². The summed E-state index contributed by atoms with van der Waals surface area (Å²) in [5.41, 5.74) is 1.98. The molecule has 112 valence electrons. The summed E-state index contributed by atoms with van der Waals surface area (Å²) >= 11 is 0. The molecule has 0 saturated heterocycles. The average molecular weight is 287 g/mol. The lowest BCUT2D eigenvalue weighted by Crippen LogP contribution is -2.24. The van der Waals surface area contributed by atoms with Crippen LogP contribution < -0.4 is 14.8 Å². The zero-order chi connectivity index (χ0) is 15.1. The number of benzene rings is 1. The van der Waals surface area contributed by atoms with Crippen molar-refractivity contribution < 1.29 is 9.47 Å². The van der Waals surface area contributed by atoms with E-state index in [1.54, 1.807) is 14.2 Å². The fourth-order valence-electron chi connectivity index (χ4n) is 2.13. The monoisotopic (exact) mass is 287 g/mol. The molecule has 0 radical (unpaired) electrons. The van der Waals surface area contributed by atoms with E-state index in [2.05, 4.69) is 28.3 Å². The molecule has 0 amide bonds. The lowest BCUT2D eigenvalue weighted by molar-refractivity contribution is 0.394. The molecule has 1 aromatic heterocycles. The van der Waals surface area contributed by atoms with Gasteiger partial charge in [0.2, 0.25) is 5.88 Å². The smallest absolute Gasteiger partial charge is 0.216 e. The van der Waals surface area contributed by atoms with E-state index in [1.807, 2.05) is 24.3 Å². The van der Waals surface area contributed by atoms with E-state index in [9.17, 15) is 0 Å². The molecule has 5 nitrogen and oxygen atoms in total. The third kappa shape index (κ3) is 3.92. The topological polar surface area (TPSA) is 56.3 Å². The van der Waals surface area contributed by atoms with Crippen LogP contribution in [0.2, 0.25) is 0 Å². The maximum atomic E-state index is 5.31. The number of ether oxygens (including phenoxy) is 2. The summed E-state index contributed by atoms with van der Waals surface area (Å²) < 4.78 is 10.5. The molecule has 1 unspecified atom stereocenters. The molecule has 1 aromatic carbocycles. The standard InChI is InChI=1S/C16H21N3O2/c1-4-8-17-16(12-6-5-7-13(9-12)20-2)14-10-15(21-3)19-11-18-14/h5-7,9-11,16-17H,4,8H2,1-3H3. The first-order valence-corrected chi connectivity index (χ1v) is 7.01. The van der Waals surface area contributed by atoms with Gasteiger partial charge >= 0.3 is 0 Å². The third-order valence-corrected chi connectivity index (χ3v) is 3.19. The van der Waals surface area contributed by atoms with Gasteiger partial charge in [0.25, 0.3) is 0 Å². The molecule has 0 fully saturated rings. The zero-order valence-corrected chi connectivity index (χ0v) is 12.7. The van der Waals surface area contributed by atoms with E-state index in [4.69, 9.17) is 9.47 Å². The van der Waals surface area contributed by atoms with E-state index in [0.717, 1.165) is 30.0 Å². The van der Waals surface area contributed by atoms with Crippen LogP contribution in [-0.2, 0) is 0 Å². The van der Waals surface area contributed by atoms with Gasteiger partial charge in [0, 0.05) is 6.07 Å². The van der Waals surface area contributed by atoms with Gasteiger partial charge in [-0.25, -0.2) is 9.97 Å². The normalized spacial score (nSPS) is 12.0. The van der Waals surface area contributed by atoms with Crippen LogP contribution >= 0.6 is 0 Å². The molecule has 0 aliphatic carbocycles. The minimum absolute atomic E-state index is 0.0167. The first-order valence-electron chi connectivity index (χ1n) is 7.01. The summed E-state index contributed by atoms with van der Waals surface area (Å²) in [7, 11) is 3.27. The second-order valence-corrected chi connectivity index (χ2v) is 4.65. The Balaban J connectivity index is 2.36. The molecule has 1 heterocycles. The van der Waals surface area contributed by atoms with Crippen molar-refractivity contribution in [3.05, 3.63) is 47.9 Å². The minimum Gasteiger partial charge on any atom is -0.497 e. The van der Waals surface area contributed by atoms with Crippen molar-refractivity contribution in [2.24, 2.45) is 0 Å². The fraction of sp³-hybridized carbons (Fsp3) is 0.375. The third-order valence-electron chi connectivity index (χ3n) is 3.19. The number of aromatic nitrogens is 2. The van der Waals surface area contributed by atoms with E-state index in [-0.39, 0.29) is 6.04 Å². The molecule has 0 spiro atoms. The average Bonchev–Trinajstić information content (AvgIpc) is 2.55. The molecular formula is C16H21N3O2. The predicted molar refractivity (Wildman–Crippen MR) is 81.7 cm³/mol. The number of nitrogens with one attached hydrogen (secondary N) is 1. The van der Waals surface area contributed by atoms with E-state index in [0.29, 0.717) is 5.88 Å². The van der Waals surface area contributed by atoms with E-state index >= 15 is 0 Å². The van der Waals surface area contributed by atoms with Crippen LogP contribution in [0, 0.1) is 0 Å².